The normalized spacial score (nSPS) is 3.43. The second-order valence-electron chi connectivity index (χ2n) is 0.283. The number of hydrogen-bond donors (Lipinski definition) is 2. The van der Waals surface area contributed by atoms with Crippen molar-refractivity contribution in [2.45, 2.75) is 0 Å². The van der Waals surface area contributed by atoms with Gasteiger partial charge in [-0.2, -0.15) is 0 Å². The molecule has 0 heterocycles. The molecular weight excluding hydrogens is 247 g/mol. The van der Waals surface area contributed by atoms with Crippen molar-refractivity contribution in [2.75, 3.05) is 0 Å². The van der Waals surface area contributed by atoms with Crippen LogP contribution in [0, 0.1) is 0 Å². The van der Waals surface area contributed by atoms with E-state index in [0.29, 0.717) is 0 Å². The summed E-state index contributed by atoms with van der Waals surface area (Å²) in [5.74, 6) is 0. The fourth-order valence-corrected chi connectivity index (χ4v) is 0. The Labute approximate surface area is 111 Å². The van der Waals surface area contributed by atoms with Gasteiger partial charge in [-0.05, 0) is 0 Å². The maximum atomic E-state index is 8.74. The van der Waals surface area contributed by atoms with Crippen LogP contribution in [0.4, 0.5) is 0 Å². The van der Waals surface area contributed by atoms with Crippen LogP contribution in [-0.4, -0.2) is 85.0 Å². The van der Waals surface area contributed by atoms with E-state index < -0.39 is 9.17 Å². The summed E-state index contributed by atoms with van der Waals surface area (Å²) < 4.78 is 8.74. The van der Waals surface area contributed by atoms with Gasteiger partial charge in [0.1, 0.15) is 0 Å². The van der Waals surface area contributed by atoms with Crippen molar-refractivity contribution in [3.63, 3.8) is 0 Å². The molecular formula is H8AlBaLiO3Si. The van der Waals surface area contributed by atoms with Gasteiger partial charge in [0.2, 0.25) is 0 Å². The van der Waals surface area contributed by atoms with Crippen molar-refractivity contribution in [3.05, 3.63) is 0 Å². The quantitative estimate of drug-likeness (QED) is 0.424. The Kier molecular flexibility index (Phi) is 51.3. The fraction of sp³-hybridized carbons (Fsp3) is 0. The van der Waals surface area contributed by atoms with Gasteiger partial charge in [0.05, 0.1) is 0 Å². The molecule has 0 unspecified atom stereocenters. The molecule has 0 spiro atoms. The maximum absolute atomic E-state index is 8.74. The van der Waals surface area contributed by atoms with Crippen molar-refractivity contribution in [1.29, 1.82) is 0 Å². The van der Waals surface area contributed by atoms with E-state index >= 15 is 0 Å². The number of rotatable bonds is 0. The van der Waals surface area contributed by atoms with Crippen LogP contribution in [0.2, 0.25) is 0 Å². The first kappa shape index (κ1) is 22.8. The van der Waals surface area contributed by atoms with E-state index in [-0.39, 0.29) is 89.4 Å². The molecule has 0 rings (SSSR count). The van der Waals surface area contributed by atoms with Crippen molar-refractivity contribution in [3.8, 4) is 0 Å². The molecule has 0 aromatic heterocycles. The van der Waals surface area contributed by atoms with Gasteiger partial charge in [-0.15, -0.1) is 0 Å². The first-order valence-electron chi connectivity index (χ1n) is 0.651. The van der Waals surface area contributed by atoms with Crippen molar-refractivity contribution < 1.29 is 37.2 Å². The second-order valence-corrected chi connectivity index (χ2v) is 0.848. The standard InChI is InChI=1S/Al.Ba.Li.H2O3Si.6H/c;;;1-4(2)3;;;;;;/h;;;1-2H;;;;;;/q;+2;+1;;;;;3*-1. The molecule has 0 atom stereocenters. The van der Waals surface area contributed by atoms with E-state index in [2.05, 4.69) is 0 Å². The van der Waals surface area contributed by atoms with Crippen LogP contribution in [0.3, 0.4) is 0 Å². The van der Waals surface area contributed by atoms with Gasteiger partial charge in [0.15, 0.2) is 17.4 Å². The molecule has 0 aromatic carbocycles. The van der Waals surface area contributed by atoms with Crippen LogP contribution in [0.25, 0.3) is 0 Å². The second kappa shape index (κ2) is 15.8. The van der Waals surface area contributed by atoms with Crippen LogP contribution < -0.4 is 18.9 Å². The molecule has 0 amide bonds. The van der Waals surface area contributed by atoms with E-state index in [9.17, 15) is 0 Å². The van der Waals surface area contributed by atoms with E-state index in [1.807, 2.05) is 0 Å². The summed E-state index contributed by atoms with van der Waals surface area (Å²) in [6, 6.07) is 0. The van der Waals surface area contributed by atoms with Crippen molar-refractivity contribution in [1.82, 2.24) is 0 Å². The third-order valence-corrected chi connectivity index (χ3v) is 0. The summed E-state index contributed by atoms with van der Waals surface area (Å²) in [5, 5.41) is 0. The molecule has 0 fully saturated rings. The van der Waals surface area contributed by atoms with Gasteiger partial charge in [-0.1, -0.05) is 0 Å². The molecule has 0 aromatic rings. The smallest absolute Gasteiger partial charge is 1.00 e. The summed E-state index contributed by atoms with van der Waals surface area (Å²) in [6.07, 6.45) is 0. The largest absolute Gasteiger partial charge is 2.00 e. The Balaban J connectivity index is -0.00000000300. The Morgan fingerprint density at radius 1 is 1.43 bits per heavy atom. The van der Waals surface area contributed by atoms with Gasteiger partial charge < -0.3 is 13.9 Å². The van der Waals surface area contributed by atoms with E-state index in [4.69, 9.17) is 14.1 Å². The van der Waals surface area contributed by atoms with Gasteiger partial charge >= 0.3 is 76.9 Å². The Morgan fingerprint density at radius 3 is 1.43 bits per heavy atom. The molecule has 0 saturated carbocycles. The summed E-state index contributed by atoms with van der Waals surface area (Å²) in [6.45, 7) is 0. The molecule has 36 valence electrons. The SMILES string of the molecule is O=[Si](O)O.[AlH3].[Ba+2].[H-].[H-].[H-].[Li+]. The van der Waals surface area contributed by atoms with Crippen LogP contribution >= 0.6 is 0 Å². The van der Waals surface area contributed by atoms with Crippen LogP contribution in [0.5, 0.6) is 0 Å². The first-order chi connectivity index (χ1) is 1.73. The molecule has 7 heavy (non-hydrogen) atoms. The predicted octanol–water partition coefficient (Wildman–Crippen LogP) is -5.84. The maximum Gasteiger partial charge on any atom is 2.00 e. The molecule has 0 aliphatic rings. The topological polar surface area (TPSA) is 57.5 Å². The fourth-order valence-electron chi connectivity index (χ4n) is 0. The van der Waals surface area contributed by atoms with E-state index in [1.165, 1.54) is 0 Å². The minimum absolute atomic E-state index is 0. The average molecular weight is 255 g/mol. The molecule has 0 saturated heterocycles. The van der Waals surface area contributed by atoms with E-state index in [0.717, 1.165) is 0 Å². The molecule has 0 aliphatic heterocycles. The van der Waals surface area contributed by atoms with Crippen molar-refractivity contribution in [2.24, 2.45) is 0 Å². The minimum atomic E-state index is -3.13. The Bertz CT molecular complexity index is 46.7. The number of hydrogen-bond acceptors (Lipinski definition) is 1. The van der Waals surface area contributed by atoms with Crippen LogP contribution in [-0.2, 0) is 4.46 Å². The van der Waals surface area contributed by atoms with E-state index in [1.54, 1.807) is 0 Å². The average Bonchev–Trinajstić information content (AvgIpc) is 0.811. The zero-order chi connectivity index (χ0) is 3.58. The zero-order valence-electron chi connectivity index (χ0n) is 6.51. The van der Waals surface area contributed by atoms with Gasteiger partial charge in [-0.25, -0.2) is 0 Å². The summed E-state index contributed by atoms with van der Waals surface area (Å²) in [4.78, 5) is 14.3. The molecule has 0 radical (unpaired) electrons. The monoisotopic (exact) mass is 256 g/mol. The summed E-state index contributed by atoms with van der Waals surface area (Å²) >= 11 is 0. The molecule has 2 N–H and O–H groups in total. The summed E-state index contributed by atoms with van der Waals surface area (Å²) in [5.41, 5.74) is 0. The molecule has 7 heteroatoms. The van der Waals surface area contributed by atoms with Crippen molar-refractivity contribution >= 4 is 75.4 Å². The molecule has 3 nitrogen and oxygen atoms in total. The Morgan fingerprint density at radius 2 is 1.43 bits per heavy atom. The van der Waals surface area contributed by atoms with Crippen LogP contribution in [0.1, 0.15) is 4.28 Å². The molecule has 0 bridgehead atoms. The third-order valence-electron chi connectivity index (χ3n) is 0. The summed E-state index contributed by atoms with van der Waals surface area (Å²) in [7, 11) is -3.13. The van der Waals surface area contributed by atoms with Gasteiger partial charge in [0, 0.05) is 0 Å². The third kappa shape index (κ3) is 61.8. The Hall–Kier alpha value is 2.32. The zero-order valence-corrected chi connectivity index (χ0v) is 8.95. The van der Waals surface area contributed by atoms with Crippen LogP contribution in [0.15, 0.2) is 0 Å². The predicted molar refractivity (Wildman–Crippen MR) is 29.9 cm³/mol. The molecule has 0 aliphatic carbocycles. The first-order valence-corrected chi connectivity index (χ1v) is 1.95. The minimum Gasteiger partial charge on any atom is -1.00 e. The van der Waals surface area contributed by atoms with Gasteiger partial charge in [0.25, 0.3) is 0 Å². The van der Waals surface area contributed by atoms with Gasteiger partial charge in [-0.3, -0.25) is 4.46 Å².